The molecule has 0 fully saturated rings. The van der Waals surface area contributed by atoms with Crippen molar-refractivity contribution in [2.45, 2.75) is 24.2 Å². The molecule has 1 aliphatic heterocycles. The van der Waals surface area contributed by atoms with Crippen LogP contribution in [0.25, 0.3) is 0 Å². The number of hydrogen-bond donors (Lipinski definition) is 2. The van der Waals surface area contributed by atoms with Gasteiger partial charge in [-0.25, -0.2) is 0 Å². The lowest BCUT2D eigenvalue weighted by Gasteiger charge is -2.18. The first-order valence-electron chi connectivity index (χ1n) is 4.64. The fraction of sp³-hybridized carbons (Fsp3) is 0.400. The zero-order valence-electron chi connectivity index (χ0n) is 8.32. The molecule has 0 atom stereocenters. The van der Waals surface area contributed by atoms with Gasteiger partial charge < -0.3 is 10.0 Å². The Morgan fingerprint density at radius 3 is 2.71 bits per heavy atom. The first-order chi connectivity index (χ1) is 6.50. The van der Waals surface area contributed by atoms with Crippen molar-refractivity contribution in [1.29, 1.82) is 0 Å². The third-order valence-electron chi connectivity index (χ3n) is 2.62. The minimum absolute atomic E-state index is 0.144. The maximum atomic E-state index is 9.07. The van der Waals surface area contributed by atoms with Crippen LogP contribution in [0, 0.1) is 0 Å². The van der Waals surface area contributed by atoms with Crippen molar-refractivity contribution in [3.63, 3.8) is 0 Å². The monoisotopic (exact) mass is 208 g/mol. The van der Waals surface area contributed by atoms with Crippen LogP contribution in [0.15, 0.2) is 23.1 Å². The Bertz CT molecular complexity index is 363. The molecule has 1 aliphatic rings. The summed E-state index contributed by atoms with van der Waals surface area (Å²) in [5, 5.41) is 18.1. The van der Waals surface area contributed by atoms with Gasteiger partial charge in [0.1, 0.15) is 0 Å². The predicted molar refractivity (Wildman–Crippen MR) is 60.0 cm³/mol. The van der Waals surface area contributed by atoms with Crippen molar-refractivity contribution in [3.8, 4) is 0 Å². The SMILES string of the molecule is CC1(C)CSc2ccc(B(O)O)cc21. The van der Waals surface area contributed by atoms with Gasteiger partial charge in [0.25, 0.3) is 0 Å². The number of benzene rings is 1. The van der Waals surface area contributed by atoms with E-state index in [9.17, 15) is 0 Å². The van der Waals surface area contributed by atoms with Gasteiger partial charge in [0.2, 0.25) is 0 Å². The smallest absolute Gasteiger partial charge is 0.423 e. The summed E-state index contributed by atoms with van der Waals surface area (Å²) in [4.78, 5) is 1.26. The molecular weight excluding hydrogens is 195 g/mol. The molecule has 0 unspecified atom stereocenters. The summed E-state index contributed by atoms with van der Waals surface area (Å²) in [5.41, 5.74) is 1.96. The highest BCUT2D eigenvalue weighted by molar-refractivity contribution is 7.99. The number of fused-ring (bicyclic) bond motifs is 1. The average molecular weight is 208 g/mol. The van der Waals surface area contributed by atoms with Crippen molar-refractivity contribution < 1.29 is 10.0 Å². The van der Waals surface area contributed by atoms with Crippen LogP contribution in [-0.4, -0.2) is 22.9 Å². The third kappa shape index (κ3) is 1.58. The summed E-state index contributed by atoms with van der Waals surface area (Å²) in [6.07, 6.45) is 0. The second-order valence-electron chi connectivity index (χ2n) is 4.30. The topological polar surface area (TPSA) is 40.5 Å². The molecule has 0 aliphatic carbocycles. The molecule has 2 N–H and O–H groups in total. The highest BCUT2D eigenvalue weighted by atomic mass is 32.2. The van der Waals surface area contributed by atoms with Gasteiger partial charge in [0, 0.05) is 16.1 Å². The van der Waals surface area contributed by atoms with Gasteiger partial charge in [-0.2, -0.15) is 0 Å². The van der Waals surface area contributed by atoms with Crippen LogP contribution in [0.4, 0.5) is 0 Å². The zero-order valence-corrected chi connectivity index (χ0v) is 9.14. The Kier molecular flexibility index (Phi) is 2.37. The summed E-state index contributed by atoms with van der Waals surface area (Å²) in [6, 6.07) is 5.65. The second-order valence-corrected chi connectivity index (χ2v) is 5.32. The normalized spacial score (nSPS) is 18.0. The molecule has 14 heavy (non-hydrogen) atoms. The molecule has 1 aromatic carbocycles. The maximum Gasteiger partial charge on any atom is 0.488 e. The first kappa shape index (κ1) is 10.1. The highest BCUT2D eigenvalue weighted by Gasteiger charge is 2.31. The van der Waals surface area contributed by atoms with Crippen LogP contribution in [0.2, 0.25) is 0 Å². The Morgan fingerprint density at radius 2 is 2.07 bits per heavy atom. The third-order valence-corrected chi connectivity index (χ3v) is 4.15. The molecule has 0 saturated carbocycles. The summed E-state index contributed by atoms with van der Waals surface area (Å²) in [5.74, 6) is 1.06. The van der Waals surface area contributed by atoms with Crippen molar-refractivity contribution in [3.05, 3.63) is 23.8 Å². The maximum absolute atomic E-state index is 9.07. The van der Waals surface area contributed by atoms with E-state index in [0.717, 1.165) is 5.75 Å². The lowest BCUT2D eigenvalue weighted by molar-refractivity contribution is 0.425. The molecular formula is C10H13BO2S. The fourth-order valence-electron chi connectivity index (χ4n) is 1.70. The van der Waals surface area contributed by atoms with Gasteiger partial charge in [-0.05, 0) is 17.1 Å². The van der Waals surface area contributed by atoms with Gasteiger partial charge in [-0.1, -0.05) is 26.0 Å². The van der Waals surface area contributed by atoms with Gasteiger partial charge in [-0.15, -0.1) is 11.8 Å². The highest BCUT2D eigenvalue weighted by Crippen LogP contribution is 2.42. The minimum Gasteiger partial charge on any atom is -0.423 e. The van der Waals surface area contributed by atoms with Gasteiger partial charge in [-0.3, -0.25) is 0 Å². The molecule has 0 bridgehead atoms. The van der Waals surface area contributed by atoms with E-state index in [1.807, 2.05) is 23.9 Å². The van der Waals surface area contributed by atoms with Crippen LogP contribution < -0.4 is 5.46 Å². The molecule has 0 aromatic heterocycles. The van der Waals surface area contributed by atoms with Crippen molar-refractivity contribution >= 4 is 24.3 Å². The van der Waals surface area contributed by atoms with Gasteiger partial charge in [0.05, 0.1) is 0 Å². The summed E-state index contributed by atoms with van der Waals surface area (Å²) >= 11 is 1.83. The van der Waals surface area contributed by atoms with E-state index in [0.29, 0.717) is 5.46 Å². The molecule has 2 nitrogen and oxygen atoms in total. The van der Waals surface area contributed by atoms with E-state index in [1.54, 1.807) is 6.07 Å². The molecule has 0 spiro atoms. The Balaban J connectivity index is 2.48. The molecule has 0 radical (unpaired) electrons. The number of hydrogen-bond acceptors (Lipinski definition) is 3. The Morgan fingerprint density at radius 1 is 1.36 bits per heavy atom. The molecule has 0 amide bonds. The lowest BCUT2D eigenvalue weighted by atomic mass is 9.76. The first-order valence-corrected chi connectivity index (χ1v) is 5.63. The summed E-state index contributed by atoms with van der Waals surface area (Å²) < 4.78 is 0. The van der Waals surface area contributed by atoms with E-state index in [1.165, 1.54) is 10.5 Å². The van der Waals surface area contributed by atoms with Crippen LogP contribution in [0.5, 0.6) is 0 Å². The molecule has 1 heterocycles. The van der Waals surface area contributed by atoms with Crippen molar-refractivity contribution in [2.75, 3.05) is 5.75 Å². The summed E-state index contributed by atoms with van der Waals surface area (Å²) in [7, 11) is -1.36. The quantitative estimate of drug-likeness (QED) is 0.669. The largest absolute Gasteiger partial charge is 0.488 e. The van der Waals surface area contributed by atoms with Crippen LogP contribution in [0.1, 0.15) is 19.4 Å². The van der Waals surface area contributed by atoms with E-state index < -0.39 is 7.12 Å². The molecule has 4 heteroatoms. The standard InChI is InChI=1S/C10H13BO2S/c1-10(2)6-14-9-4-3-7(11(12)13)5-8(9)10/h3-5,12-13H,6H2,1-2H3. The minimum atomic E-state index is -1.36. The average Bonchev–Trinajstić information content (AvgIpc) is 2.42. The van der Waals surface area contributed by atoms with Gasteiger partial charge in [0.15, 0.2) is 0 Å². The van der Waals surface area contributed by atoms with E-state index in [2.05, 4.69) is 13.8 Å². The Labute approximate surface area is 88.5 Å². The molecule has 1 aromatic rings. The van der Waals surface area contributed by atoms with E-state index in [4.69, 9.17) is 10.0 Å². The molecule has 74 valence electrons. The van der Waals surface area contributed by atoms with E-state index >= 15 is 0 Å². The molecule has 2 rings (SSSR count). The Hall–Kier alpha value is -0.445. The van der Waals surface area contributed by atoms with Crippen LogP contribution in [0.3, 0.4) is 0 Å². The zero-order chi connectivity index (χ0) is 10.3. The fourth-order valence-corrected chi connectivity index (χ4v) is 3.03. The van der Waals surface area contributed by atoms with Crippen molar-refractivity contribution in [2.24, 2.45) is 0 Å². The van der Waals surface area contributed by atoms with Crippen LogP contribution >= 0.6 is 11.8 Å². The lowest BCUT2D eigenvalue weighted by Crippen LogP contribution is -2.31. The second kappa shape index (κ2) is 3.30. The summed E-state index contributed by atoms with van der Waals surface area (Å²) in [6.45, 7) is 4.36. The van der Waals surface area contributed by atoms with Crippen LogP contribution in [-0.2, 0) is 5.41 Å². The van der Waals surface area contributed by atoms with E-state index in [-0.39, 0.29) is 5.41 Å². The predicted octanol–water partition coefficient (Wildman–Crippen LogP) is 0.750. The number of thioether (sulfide) groups is 1. The molecule has 0 saturated heterocycles. The van der Waals surface area contributed by atoms with Gasteiger partial charge >= 0.3 is 7.12 Å². The number of rotatable bonds is 1. The van der Waals surface area contributed by atoms with Crippen molar-refractivity contribution in [1.82, 2.24) is 0 Å².